The molecule has 3 rings (SSSR count). The molecule has 1 N–H and O–H groups in total. The highest BCUT2D eigenvalue weighted by atomic mass is 35.5. The first-order chi connectivity index (χ1) is 8.58. The molecule has 0 aromatic heterocycles. The monoisotopic (exact) mass is 289 g/mol. The van der Waals surface area contributed by atoms with E-state index in [0.717, 1.165) is 0 Å². The number of hydrazone groups is 1. The Balaban J connectivity index is 2.00. The van der Waals surface area contributed by atoms with Crippen LogP contribution in [-0.2, 0) is 0 Å². The highest BCUT2D eigenvalue weighted by molar-refractivity contribution is 7.96. The number of alkyl halides is 1. The second-order valence-corrected chi connectivity index (χ2v) is 5.10. The predicted octanol–water partition coefficient (Wildman–Crippen LogP) is 2.69. The topological polar surface area (TPSA) is 27.6 Å². The molecule has 18 heavy (non-hydrogen) atoms. The van der Waals surface area contributed by atoms with Crippen LogP contribution in [0.1, 0.15) is 18.0 Å². The van der Waals surface area contributed by atoms with Crippen molar-refractivity contribution in [2.45, 2.75) is 24.8 Å². The van der Waals surface area contributed by atoms with Crippen molar-refractivity contribution in [2.75, 3.05) is 0 Å². The first-order valence-electron chi connectivity index (χ1n) is 5.48. The summed E-state index contributed by atoms with van der Waals surface area (Å²) in [5.41, 5.74) is 0.551. The number of benzene rings is 1. The van der Waals surface area contributed by atoms with Crippen LogP contribution in [0.25, 0.3) is 0 Å². The van der Waals surface area contributed by atoms with E-state index < -0.39 is 18.2 Å². The minimum Gasteiger partial charge on any atom is -0.340 e. The molecular formula is C11H10ClF2N3S. The van der Waals surface area contributed by atoms with Gasteiger partial charge >= 0.3 is 0 Å². The quantitative estimate of drug-likeness (QED) is 0.778. The molecule has 1 saturated heterocycles. The molecule has 7 heteroatoms. The zero-order chi connectivity index (χ0) is 12.9. The molecule has 3 nitrogen and oxygen atoms in total. The lowest BCUT2D eigenvalue weighted by Gasteiger charge is -2.22. The first-order valence-corrected chi connectivity index (χ1v) is 6.31. The van der Waals surface area contributed by atoms with Gasteiger partial charge < -0.3 is 5.32 Å². The van der Waals surface area contributed by atoms with E-state index >= 15 is 0 Å². The van der Waals surface area contributed by atoms with Crippen molar-refractivity contribution >= 4 is 29.4 Å². The summed E-state index contributed by atoms with van der Waals surface area (Å²) in [7, 11) is 0. The molecule has 2 heterocycles. The minimum absolute atomic E-state index is 0.0261. The molecule has 1 aromatic carbocycles. The van der Waals surface area contributed by atoms with Crippen molar-refractivity contribution < 1.29 is 8.78 Å². The summed E-state index contributed by atoms with van der Waals surface area (Å²) in [6.45, 7) is 0. The second-order valence-electron chi connectivity index (χ2n) is 4.30. The van der Waals surface area contributed by atoms with Gasteiger partial charge in [0.25, 0.3) is 0 Å². The predicted molar refractivity (Wildman–Crippen MR) is 68.8 cm³/mol. The molecule has 0 spiro atoms. The Bertz CT molecular complexity index is 525. The zero-order valence-electron chi connectivity index (χ0n) is 9.15. The molecule has 1 unspecified atom stereocenters. The lowest BCUT2D eigenvalue weighted by Crippen LogP contribution is -2.38. The number of thiol groups is 1. The van der Waals surface area contributed by atoms with Gasteiger partial charge in [0.2, 0.25) is 0 Å². The van der Waals surface area contributed by atoms with E-state index in [2.05, 4.69) is 23.0 Å². The molecule has 0 radical (unpaired) electrons. The number of nitrogens with one attached hydrogen (secondary N) is 1. The summed E-state index contributed by atoms with van der Waals surface area (Å²) >= 11 is 10.00. The largest absolute Gasteiger partial charge is 0.340 e. The van der Waals surface area contributed by atoms with Crippen molar-refractivity contribution in [3.8, 4) is 0 Å². The second kappa shape index (κ2) is 4.28. The molecule has 0 saturated carbocycles. The van der Waals surface area contributed by atoms with E-state index in [1.807, 2.05) is 0 Å². The number of rotatable bonds is 1. The van der Waals surface area contributed by atoms with Crippen molar-refractivity contribution in [3.05, 3.63) is 34.6 Å². The molecule has 1 aromatic rings. The standard InChI is InChI=1S/C11H10ClF2N3S/c12-9-5(2-1-3-6(9)13)8-4-7(14)10-15-11(18)16-17(8)10/h1-3,7-8,10H,4H2,(H2,15,16,18)/t7-,8-,10?/m0/s1. The van der Waals surface area contributed by atoms with Crippen LogP contribution in [0.2, 0.25) is 5.02 Å². The zero-order valence-corrected chi connectivity index (χ0v) is 10.8. The smallest absolute Gasteiger partial charge is 0.179 e. The third-order valence-electron chi connectivity index (χ3n) is 3.22. The van der Waals surface area contributed by atoms with Crippen LogP contribution in [0.5, 0.6) is 0 Å². The summed E-state index contributed by atoms with van der Waals surface area (Å²) in [4.78, 5) is 0. The lowest BCUT2D eigenvalue weighted by molar-refractivity contribution is 0.180. The van der Waals surface area contributed by atoms with E-state index in [1.165, 1.54) is 6.07 Å². The van der Waals surface area contributed by atoms with Gasteiger partial charge in [0.05, 0.1) is 11.1 Å². The van der Waals surface area contributed by atoms with E-state index in [0.29, 0.717) is 10.7 Å². The SMILES string of the molecule is Fc1cccc([C@@H]2C[C@H](F)C3NC(S)=NN32)c1Cl. The van der Waals surface area contributed by atoms with Gasteiger partial charge in [-0.05, 0) is 11.6 Å². The Morgan fingerprint density at radius 3 is 3.06 bits per heavy atom. The number of hydrogen-bond acceptors (Lipinski definition) is 3. The van der Waals surface area contributed by atoms with Crippen molar-refractivity contribution in [2.24, 2.45) is 5.10 Å². The van der Waals surface area contributed by atoms with E-state index in [-0.39, 0.29) is 17.5 Å². The van der Waals surface area contributed by atoms with Crippen LogP contribution in [0.3, 0.4) is 0 Å². The van der Waals surface area contributed by atoms with Crippen LogP contribution in [-0.4, -0.2) is 22.5 Å². The van der Waals surface area contributed by atoms with Crippen LogP contribution >= 0.6 is 24.2 Å². The lowest BCUT2D eigenvalue weighted by atomic mass is 10.0. The Morgan fingerprint density at radius 2 is 2.28 bits per heavy atom. The third kappa shape index (κ3) is 1.75. The normalized spacial score (nSPS) is 30.1. The maximum Gasteiger partial charge on any atom is 0.179 e. The van der Waals surface area contributed by atoms with Crippen LogP contribution < -0.4 is 5.32 Å². The Labute approximate surface area is 113 Å². The summed E-state index contributed by atoms with van der Waals surface area (Å²) in [5.74, 6) is -0.504. The van der Waals surface area contributed by atoms with Gasteiger partial charge in [-0.1, -0.05) is 23.7 Å². The molecule has 3 atom stereocenters. The molecule has 2 aliphatic rings. The number of nitrogens with zero attached hydrogens (tertiary/aromatic N) is 2. The van der Waals surface area contributed by atoms with Crippen LogP contribution in [0.15, 0.2) is 23.3 Å². The van der Waals surface area contributed by atoms with Crippen molar-refractivity contribution in [1.29, 1.82) is 0 Å². The summed E-state index contributed by atoms with van der Waals surface area (Å²) < 4.78 is 27.3. The first kappa shape index (κ1) is 12.0. The van der Waals surface area contributed by atoms with Gasteiger partial charge in [-0.25, -0.2) is 8.78 Å². The fourth-order valence-corrected chi connectivity index (χ4v) is 2.90. The molecule has 96 valence electrons. The number of fused-ring (bicyclic) bond motifs is 1. The molecule has 0 amide bonds. The molecule has 0 aliphatic carbocycles. The van der Waals surface area contributed by atoms with Crippen LogP contribution in [0, 0.1) is 5.82 Å². The fraction of sp³-hybridized carbons (Fsp3) is 0.364. The molecule has 0 bridgehead atoms. The van der Waals surface area contributed by atoms with Gasteiger partial charge in [-0.15, -0.1) is 12.6 Å². The van der Waals surface area contributed by atoms with Gasteiger partial charge in [0, 0.05) is 6.42 Å². The van der Waals surface area contributed by atoms with Gasteiger partial charge in [0.1, 0.15) is 18.2 Å². The van der Waals surface area contributed by atoms with Gasteiger partial charge in [-0.3, -0.25) is 5.01 Å². The van der Waals surface area contributed by atoms with Crippen molar-refractivity contribution in [1.82, 2.24) is 10.3 Å². The number of amidine groups is 1. The molecule has 2 aliphatic heterocycles. The number of halogens is 3. The third-order valence-corrected chi connectivity index (χ3v) is 3.84. The Morgan fingerprint density at radius 1 is 1.50 bits per heavy atom. The van der Waals surface area contributed by atoms with Crippen LogP contribution in [0.4, 0.5) is 8.78 Å². The summed E-state index contributed by atoms with van der Waals surface area (Å²) in [6, 6.07) is 4.16. The van der Waals surface area contributed by atoms with Gasteiger partial charge in [-0.2, -0.15) is 5.10 Å². The Hall–Kier alpha value is -1.01. The highest BCUT2D eigenvalue weighted by Crippen LogP contribution is 2.42. The highest BCUT2D eigenvalue weighted by Gasteiger charge is 2.46. The summed E-state index contributed by atoms with van der Waals surface area (Å²) in [5, 5.41) is 8.89. The minimum atomic E-state index is -1.09. The molecular weight excluding hydrogens is 280 g/mol. The Kier molecular flexibility index (Phi) is 2.86. The summed E-state index contributed by atoms with van der Waals surface area (Å²) in [6.07, 6.45) is -1.41. The fourth-order valence-electron chi connectivity index (χ4n) is 2.42. The van der Waals surface area contributed by atoms with E-state index in [9.17, 15) is 8.78 Å². The average molecular weight is 290 g/mol. The van der Waals surface area contributed by atoms with E-state index in [4.69, 9.17) is 11.6 Å². The number of hydrogen-bond donors (Lipinski definition) is 2. The molecule has 1 fully saturated rings. The van der Waals surface area contributed by atoms with E-state index in [1.54, 1.807) is 17.1 Å². The van der Waals surface area contributed by atoms with Gasteiger partial charge in [0.15, 0.2) is 5.17 Å². The maximum absolute atomic E-state index is 13.9. The average Bonchev–Trinajstić information content (AvgIpc) is 2.83. The van der Waals surface area contributed by atoms with Crippen molar-refractivity contribution in [3.63, 3.8) is 0 Å². The maximum atomic E-state index is 13.9.